The summed E-state index contributed by atoms with van der Waals surface area (Å²) >= 11 is 1.38. The molecule has 1 aromatic carbocycles. The zero-order valence-electron chi connectivity index (χ0n) is 13.8. The minimum Gasteiger partial charge on any atom is -0.497 e. The van der Waals surface area contributed by atoms with E-state index in [0.717, 1.165) is 17.0 Å². The van der Waals surface area contributed by atoms with E-state index >= 15 is 0 Å². The number of methoxy groups -OCH3 is 1. The highest BCUT2D eigenvalue weighted by atomic mass is 32.1. The molecular weight excluding hydrogens is 352 g/mol. The second kappa shape index (κ2) is 6.89. The van der Waals surface area contributed by atoms with Crippen LogP contribution < -0.4 is 10.1 Å². The standard InChI is InChI=1S/C17H14N6O2S/c1-25-12-4-2-11(3-5-12)13-8-26-17(21-13)22-15(24)7-23-10-20-16-14(23)6-18-9-19-16/h2-6,8-10H,7H2,1H3,(H,21,22,24). The van der Waals surface area contributed by atoms with Gasteiger partial charge in [-0.2, -0.15) is 0 Å². The van der Waals surface area contributed by atoms with Crippen molar-refractivity contribution in [3.8, 4) is 17.0 Å². The van der Waals surface area contributed by atoms with Crippen LogP contribution in [0.1, 0.15) is 0 Å². The summed E-state index contributed by atoms with van der Waals surface area (Å²) in [5, 5.41) is 5.26. The third-order valence-electron chi connectivity index (χ3n) is 3.75. The van der Waals surface area contributed by atoms with Gasteiger partial charge in [0.05, 0.1) is 25.3 Å². The number of nitrogens with zero attached hydrogens (tertiary/aromatic N) is 5. The maximum atomic E-state index is 12.3. The highest BCUT2D eigenvalue weighted by Gasteiger charge is 2.11. The highest BCUT2D eigenvalue weighted by Crippen LogP contribution is 2.26. The van der Waals surface area contributed by atoms with Gasteiger partial charge in [0, 0.05) is 10.9 Å². The van der Waals surface area contributed by atoms with Crippen LogP contribution in [-0.4, -0.2) is 37.5 Å². The van der Waals surface area contributed by atoms with Crippen LogP contribution in [0, 0.1) is 0 Å². The number of imidazole rings is 1. The van der Waals surface area contributed by atoms with Crippen molar-refractivity contribution in [3.05, 3.63) is 48.5 Å². The van der Waals surface area contributed by atoms with Crippen LogP contribution in [0.5, 0.6) is 5.75 Å². The van der Waals surface area contributed by atoms with Gasteiger partial charge in [0.15, 0.2) is 10.8 Å². The van der Waals surface area contributed by atoms with E-state index in [4.69, 9.17) is 4.74 Å². The van der Waals surface area contributed by atoms with E-state index in [-0.39, 0.29) is 12.5 Å². The van der Waals surface area contributed by atoms with Gasteiger partial charge in [-0.3, -0.25) is 4.79 Å². The Hall–Kier alpha value is -3.33. The smallest absolute Gasteiger partial charge is 0.246 e. The number of hydrogen-bond acceptors (Lipinski definition) is 7. The Morgan fingerprint density at radius 3 is 2.92 bits per heavy atom. The summed E-state index contributed by atoms with van der Waals surface area (Å²) < 4.78 is 6.85. The van der Waals surface area contributed by atoms with Crippen molar-refractivity contribution in [2.45, 2.75) is 6.54 Å². The summed E-state index contributed by atoms with van der Waals surface area (Å²) in [4.78, 5) is 28.9. The number of aromatic nitrogens is 5. The molecule has 0 aliphatic carbocycles. The van der Waals surface area contributed by atoms with Gasteiger partial charge in [0.1, 0.15) is 24.1 Å². The maximum Gasteiger partial charge on any atom is 0.246 e. The van der Waals surface area contributed by atoms with E-state index < -0.39 is 0 Å². The topological polar surface area (TPSA) is 94.8 Å². The van der Waals surface area contributed by atoms with Crippen LogP contribution in [0.3, 0.4) is 0 Å². The number of rotatable bonds is 5. The minimum atomic E-state index is -0.191. The molecule has 4 rings (SSSR count). The summed E-state index contributed by atoms with van der Waals surface area (Å²) in [5.74, 6) is 0.595. The Morgan fingerprint density at radius 2 is 2.12 bits per heavy atom. The number of benzene rings is 1. The summed E-state index contributed by atoms with van der Waals surface area (Å²) in [6.07, 6.45) is 4.63. The van der Waals surface area contributed by atoms with Crippen molar-refractivity contribution in [1.82, 2.24) is 24.5 Å². The van der Waals surface area contributed by atoms with Crippen LogP contribution in [0.25, 0.3) is 22.4 Å². The molecular formula is C17H14N6O2S. The number of anilines is 1. The number of amides is 1. The van der Waals surface area contributed by atoms with Crippen LogP contribution >= 0.6 is 11.3 Å². The van der Waals surface area contributed by atoms with E-state index in [1.165, 1.54) is 17.7 Å². The molecule has 0 bridgehead atoms. The third-order valence-corrected chi connectivity index (χ3v) is 4.51. The van der Waals surface area contributed by atoms with Crippen LogP contribution in [-0.2, 0) is 11.3 Å². The number of fused-ring (bicyclic) bond motifs is 1. The molecule has 0 saturated carbocycles. The van der Waals surface area contributed by atoms with Crippen LogP contribution in [0.4, 0.5) is 5.13 Å². The molecule has 0 aliphatic heterocycles. The molecule has 0 fully saturated rings. The average molecular weight is 366 g/mol. The Bertz CT molecular complexity index is 1060. The molecule has 0 unspecified atom stereocenters. The fourth-order valence-electron chi connectivity index (χ4n) is 2.47. The number of ether oxygens (including phenoxy) is 1. The quantitative estimate of drug-likeness (QED) is 0.583. The average Bonchev–Trinajstić information content (AvgIpc) is 3.29. The molecule has 3 heterocycles. The number of carbonyl (C=O) groups excluding carboxylic acids is 1. The first-order valence-corrected chi connectivity index (χ1v) is 8.61. The summed E-state index contributed by atoms with van der Waals surface area (Å²) in [5.41, 5.74) is 3.03. The molecule has 0 saturated heterocycles. The molecule has 1 amide bonds. The largest absolute Gasteiger partial charge is 0.497 e. The SMILES string of the molecule is COc1ccc(-c2csc(NC(=O)Cn3cnc4ncncc43)n2)cc1. The predicted molar refractivity (Wildman–Crippen MR) is 98.1 cm³/mol. The van der Waals surface area contributed by atoms with Crippen molar-refractivity contribution in [3.63, 3.8) is 0 Å². The maximum absolute atomic E-state index is 12.3. The molecule has 0 aliphatic rings. The van der Waals surface area contributed by atoms with E-state index in [1.54, 1.807) is 24.2 Å². The van der Waals surface area contributed by atoms with Crippen LogP contribution in [0.15, 0.2) is 48.5 Å². The van der Waals surface area contributed by atoms with Gasteiger partial charge in [-0.1, -0.05) is 0 Å². The van der Waals surface area contributed by atoms with Crippen molar-refractivity contribution >= 4 is 33.5 Å². The molecule has 0 spiro atoms. The van der Waals surface area contributed by atoms with Crippen molar-refractivity contribution in [2.75, 3.05) is 12.4 Å². The normalized spacial score (nSPS) is 10.8. The molecule has 0 radical (unpaired) electrons. The first-order chi connectivity index (χ1) is 12.7. The lowest BCUT2D eigenvalue weighted by atomic mass is 10.2. The number of thiazole rings is 1. The molecule has 4 aromatic rings. The number of nitrogens with one attached hydrogen (secondary N) is 1. The molecule has 9 heteroatoms. The Kier molecular flexibility index (Phi) is 4.28. The van der Waals surface area contributed by atoms with Gasteiger partial charge < -0.3 is 14.6 Å². The molecule has 130 valence electrons. The summed E-state index contributed by atoms with van der Waals surface area (Å²) in [6, 6.07) is 7.60. The van der Waals surface area contributed by atoms with Gasteiger partial charge in [-0.15, -0.1) is 11.3 Å². The van der Waals surface area contributed by atoms with E-state index in [9.17, 15) is 4.79 Å². The lowest BCUT2D eigenvalue weighted by molar-refractivity contribution is -0.116. The zero-order chi connectivity index (χ0) is 17.9. The van der Waals surface area contributed by atoms with E-state index in [1.807, 2.05) is 29.6 Å². The Labute approximate surface area is 152 Å². The van der Waals surface area contributed by atoms with E-state index in [2.05, 4.69) is 25.3 Å². The molecule has 26 heavy (non-hydrogen) atoms. The first-order valence-electron chi connectivity index (χ1n) is 7.73. The van der Waals surface area contributed by atoms with Crippen molar-refractivity contribution < 1.29 is 9.53 Å². The van der Waals surface area contributed by atoms with Gasteiger partial charge in [0.2, 0.25) is 5.91 Å². The van der Waals surface area contributed by atoms with Crippen molar-refractivity contribution in [1.29, 1.82) is 0 Å². The van der Waals surface area contributed by atoms with E-state index in [0.29, 0.717) is 16.3 Å². The fourth-order valence-corrected chi connectivity index (χ4v) is 3.21. The lowest BCUT2D eigenvalue weighted by Gasteiger charge is -2.04. The Balaban J connectivity index is 1.45. The molecule has 3 aromatic heterocycles. The molecule has 8 nitrogen and oxygen atoms in total. The number of carbonyl (C=O) groups is 1. The Morgan fingerprint density at radius 1 is 1.27 bits per heavy atom. The van der Waals surface area contributed by atoms with Gasteiger partial charge in [-0.05, 0) is 24.3 Å². The van der Waals surface area contributed by atoms with Crippen LogP contribution in [0.2, 0.25) is 0 Å². The third kappa shape index (κ3) is 3.24. The zero-order valence-corrected chi connectivity index (χ0v) is 14.6. The van der Waals surface area contributed by atoms with Gasteiger partial charge in [-0.25, -0.2) is 19.9 Å². The number of hydrogen-bond donors (Lipinski definition) is 1. The fraction of sp³-hybridized carbons (Fsp3) is 0.118. The lowest BCUT2D eigenvalue weighted by Crippen LogP contribution is -2.18. The summed E-state index contributed by atoms with van der Waals surface area (Å²) in [7, 11) is 1.63. The monoisotopic (exact) mass is 366 g/mol. The molecule has 0 atom stereocenters. The van der Waals surface area contributed by atoms with Gasteiger partial charge >= 0.3 is 0 Å². The predicted octanol–water partition coefficient (Wildman–Crippen LogP) is 2.60. The second-order valence-electron chi connectivity index (χ2n) is 5.42. The second-order valence-corrected chi connectivity index (χ2v) is 6.28. The van der Waals surface area contributed by atoms with Gasteiger partial charge in [0.25, 0.3) is 0 Å². The van der Waals surface area contributed by atoms with Crippen molar-refractivity contribution in [2.24, 2.45) is 0 Å². The highest BCUT2D eigenvalue weighted by molar-refractivity contribution is 7.14. The molecule has 1 N–H and O–H groups in total. The summed E-state index contributed by atoms with van der Waals surface area (Å²) in [6.45, 7) is 0.112. The minimum absolute atomic E-state index is 0.112. The first kappa shape index (κ1) is 16.2.